The summed E-state index contributed by atoms with van der Waals surface area (Å²) in [7, 11) is 0. The zero-order valence-corrected chi connectivity index (χ0v) is 16.9. The fourth-order valence-electron chi connectivity index (χ4n) is 2.76. The molecule has 0 saturated heterocycles. The molecule has 3 rings (SSSR count). The van der Waals surface area contributed by atoms with Gasteiger partial charge in [0, 0.05) is 23.6 Å². The summed E-state index contributed by atoms with van der Waals surface area (Å²) in [5.41, 5.74) is 4.38. The molecule has 3 aromatic carbocycles. The van der Waals surface area contributed by atoms with Crippen LogP contribution in [0.3, 0.4) is 0 Å². The van der Waals surface area contributed by atoms with Crippen LogP contribution in [0.1, 0.15) is 27.0 Å². The third kappa shape index (κ3) is 6.17. The lowest BCUT2D eigenvalue weighted by Gasteiger charge is -2.09. The lowest BCUT2D eigenvalue weighted by Crippen LogP contribution is -2.25. The Labute approximate surface area is 171 Å². The van der Waals surface area contributed by atoms with E-state index in [0.29, 0.717) is 24.5 Å². The van der Waals surface area contributed by atoms with E-state index >= 15 is 0 Å². The Kier molecular flexibility index (Phi) is 7.56. The highest BCUT2D eigenvalue weighted by molar-refractivity contribution is 7.98. The molecule has 0 aromatic heterocycles. The van der Waals surface area contributed by atoms with Crippen molar-refractivity contribution >= 4 is 17.7 Å². The average Bonchev–Trinajstić information content (AvgIpc) is 2.74. The van der Waals surface area contributed by atoms with E-state index in [9.17, 15) is 4.79 Å². The van der Waals surface area contributed by atoms with E-state index in [-0.39, 0.29) is 5.91 Å². The molecule has 3 nitrogen and oxygen atoms in total. The number of aryl methyl sites for hydroxylation is 1. The minimum Gasteiger partial charge on any atom is -0.489 e. The zero-order valence-electron chi connectivity index (χ0n) is 16.1. The molecule has 0 atom stereocenters. The Hall–Kier alpha value is -2.72. The molecule has 0 aliphatic rings. The van der Waals surface area contributed by atoms with Crippen molar-refractivity contribution in [3.63, 3.8) is 0 Å². The maximum atomic E-state index is 12.4. The highest BCUT2D eigenvalue weighted by Crippen LogP contribution is 2.17. The van der Waals surface area contributed by atoms with Gasteiger partial charge < -0.3 is 10.1 Å². The molecule has 28 heavy (non-hydrogen) atoms. The highest BCUT2D eigenvalue weighted by atomic mass is 32.2. The molecule has 0 bridgehead atoms. The van der Waals surface area contributed by atoms with Crippen LogP contribution in [-0.4, -0.2) is 18.2 Å². The second kappa shape index (κ2) is 10.6. The van der Waals surface area contributed by atoms with E-state index in [1.54, 1.807) is 6.07 Å². The van der Waals surface area contributed by atoms with E-state index in [0.717, 1.165) is 17.1 Å². The Morgan fingerprint density at radius 2 is 1.75 bits per heavy atom. The number of nitrogens with one attached hydrogen (secondary N) is 1. The number of carbonyl (C=O) groups excluding carboxylic acids is 1. The zero-order chi connectivity index (χ0) is 19.6. The third-order valence-corrected chi connectivity index (χ3v) is 5.40. The van der Waals surface area contributed by atoms with Crippen molar-refractivity contribution in [2.24, 2.45) is 0 Å². The summed E-state index contributed by atoms with van der Waals surface area (Å²) >= 11 is 1.83. The van der Waals surface area contributed by atoms with Gasteiger partial charge >= 0.3 is 0 Å². The van der Waals surface area contributed by atoms with Crippen molar-refractivity contribution in [1.29, 1.82) is 0 Å². The van der Waals surface area contributed by atoms with Gasteiger partial charge in [-0.05, 0) is 41.8 Å². The molecule has 1 amide bonds. The number of hydrogen-bond acceptors (Lipinski definition) is 3. The maximum Gasteiger partial charge on any atom is 0.251 e. The van der Waals surface area contributed by atoms with Crippen molar-refractivity contribution in [3.05, 3.63) is 101 Å². The van der Waals surface area contributed by atoms with Gasteiger partial charge in [0.05, 0.1) is 0 Å². The molecular formula is C24H25NO2S. The molecule has 144 valence electrons. The Balaban J connectivity index is 1.42. The molecular weight excluding hydrogens is 366 g/mol. The van der Waals surface area contributed by atoms with Crippen LogP contribution in [0.2, 0.25) is 0 Å². The van der Waals surface area contributed by atoms with Gasteiger partial charge in [-0.2, -0.15) is 11.8 Å². The number of thioether (sulfide) groups is 1. The average molecular weight is 392 g/mol. The predicted octanol–water partition coefficient (Wildman–Crippen LogP) is 5.24. The number of rotatable bonds is 9. The summed E-state index contributed by atoms with van der Waals surface area (Å²) in [5, 5.41) is 2.99. The van der Waals surface area contributed by atoms with Gasteiger partial charge in [0.15, 0.2) is 0 Å². The summed E-state index contributed by atoms with van der Waals surface area (Å²) in [6.07, 6.45) is 0. The molecule has 0 fully saturated rings. The number of benzene rings is 3. The predicted molar refractivity (Wildman–Crippen MR) is 117 cm³/mol. The van der Waals surface area contributed by atoms with Gasteiger partial charge in [-0.3, -0.25) is 4.79 Å². The lowest BCUT2D eigenvalue weighted by molar-refractivity contribution is 0.0955. The van der Waals surface area contributed by atoms with Crippen LogP contribution in [0.15, 0.2) is 78.9 Å². The topological polar surface area (TPSA) is 38.3 Å². The fraction of sp³-hybridized carbons (Fsp3) is 0.208. The highest BCUT2D eigenvalue weighted by Gasteiger charge is 2.07. The van der Waals surface area contributed by atoms with E-state index < -0.39 is 0 Å². The van der Waals surface area contributed by atoms with Gasteiger partial charge in [-0.25, -0.2) is 0 Å². The summed E-state index contributed by atoms with van der Waals surface area (Å²) in [6.45, 7) is 3.26. The van der Waals surface area contributed by atoms with E-state index in [4.69, 9.17) is 4.74 Å². The monoisotopic (exact) mass is 391 g/mol. The molecule has 0 aliphatic carbocycles. The first-order chi connectivity index (χ1) is 13.7. The number of amides is 1. The molecule has 4 heteroatoms. The van der Waals surface area contributed by atoms with Crippen molar-refractivity contribution in [3.8, 4) is 5.75 Å². The second-order valence-corrected chi connectivity index (χ2v) is 7.64. The summed E-state index contributed by atoms with van der Waals surface area (Å²) in [4.78, 5) is 12.4. The Bertz CT molecular complexity index is 896. The van der Waals surface area contributed by atoms with E-state index in [1.807, 2.05) is 60.3 Å². The normalized spacial score (nSPS) is 10.5. The minimum atomic E-state index is -0.0679. The molecule has 0 heterocycles. The smallest absolute Gasteiger partial charge is 0.251 e. The fourth-order valence-corrected chi connectivity index (χ4v) is 3.70. The lowest BCUT2D eigenvalue weighted by atomic mass is 10.1. The van der Waals surface area contributed by atoms with Crippen LogP contribution in [0, 0.1) is 6.92 Å². The molecule has 0 unspecified atom stereocenters. The number of ether oxygens (including phenoxy) is 1. The number of carbonyl (C=O) groups is 1. The second-order valence-electron chi connectivity index (χ2n) is 6.54. The minimum absolute atomic E-state index is 0.0679. The van der Waals surface area contributed by atoms with Crippen molar-refractivity contribution in [1.82, 2.24) is 5.32 Å². The first-order valence-electron chi connectivity index (χ1n) is 9.39. The summed E-state index contributed by atoms with van der Waals surface area (Å²) in [6, 6.07) is 25.7. The van der Waals surface area contributed by atoms with Crippen LogP contribution in [0.5, 0.6) is 5.75 Å². The largest absolute Gasteiger partial charge is 0.489 e. The molecule has 0 aliphatic heterocycles. The SMILES string of the molecule is Cc1ccccc1CSCCNC(=O)c1cccc(OCc2ccccc2)c1. The molecule has 1 N–H and O–H groups in total. The van der Waals surface area contributed by atoms with E-state index in [1.165, 1.54) is 11.1 Å². The van der Waals surface area contributed by atoms with Crippen molar-refractivity contribution in [2.45, 2.75) is 19.3 Å². The summed E-state index contributed by atoms with van der Waals surface area (Å²) in [5.74, 6) is 2.47. The maximum absolute atomic E-state index is 12.4. The standard InChI is InChI=1S/C24H25NO2S/c1-19-8-5-6-11-22(19)18-28-15-14-25-24(26)21-12-7-13-23(16-21)27-17-20-9-3-2-4-10-20/h2-13,16H,14-15,17-18H2,1H3,(H,25,26). The van der Waals surface area contributed by atoms with Crippen molar-refractivity contribution in [2.75, 3.05) is 12.3 Å². The molecule has 0 radical (unpaired) electrons. The van der Waals surface area contributed by atoms with Gasteiger partial charge in [0.1, 0.15) is 12.4 Å². The Morgan fingerprint density at radius 1 is 0.964 bits per heavy atom. The summed E-state index contributed by atoms with van der Waals surface area (Å²) < 4.78 is 5.80. The molecule has 3 aromatic rings. The Morgan fingerprint density at radius 3 is 2.57 bits per heavy atom. The third-order valence-electron chi connectivity index (χ3n) is 4.40. The van der Waals surface area contributed by atoms with Crippen molar-refractivity contribution < 1.29 is 9.53 Å². The van der Waals surface area contributed by atoms with Gasteiger partial charge in [-0.15, -0.1) is 0 Å². The van der Waals surface area contributed by atoms with Crippen LogP contribution >= 0.6 is 11.8 Å². The molecule has 0 spiro atoms. The van der Waals surface area contributed by atoms with E-state index in [2.05, 4.69) is 36.5 Å². The van der Waals surface area contributed by atoms with Gasteiger partial charge in [0.2, 0.25) is 0 Å². The first-order valence-corrected chi connectivity index (χ1v) is 10.5. The van der Waals surface area contributed by atoms with Crippen LogP contribution in [-0.2, 0) is 12.4 Å². The first kappa shape index (κ1) is 20.0. The number of hydrogen-bond donors (Lipinski definition) is 1. The molecule has 0 saturated carbocycles. The quantitative estimate of drug-likeness (QED) is 0.507. The van der Waals surface area contributed by atoms with Crippen LogP contribution in [0.25, 0.3) is 0 Å². The van der Waals surface area contributed by atoms with Gasteiger partial charge in [0.25, 0.3) is 5.91 Å². The van der Waals surface area contributed by atoms with Crippen LogP contribution in [0.4, 0.5) is 0 Å². The van der Waals surface area contributed by atoms with Crippen LogP contribution < -0.4 is 10.1 Å². The van der Waals surface area contributed by atoms with Gasteiger partial charge in [-0.1, -0.05) is 60.7 Å².